The zero-order valence-corrected chi connectivity index (χ0v) is 8.19. The molecule has 74 valence electrons. The molecule has 0 spiro atoms. The summed E-state index contributed by atoms with van der Waals surface area (Å²) in [4.78, 5) is 2.59. The van der Waals surface area contributed by atoms with Crippen LogP contribution in [0.1, 0.15) is 0 Å². The Morgan fingerprint density at radius 3 is 2.79 bits per heavy atom. The minimum atomic E-state index is -3.29. The minimum absolute atomic E-state index is 0.362. The van der Waals surface area contributed by atoms with E-state index in [-0.39, 0.29) is 0 Å². The molecule has 0 saturated heterocycles. The van der Waals surface area contributed by atoms with E-state index in [4.69, 9.17) is 5.53 Å². The summed E-state index contributed by atoms with van der Waals surface area (Å²) in [5.41, 5.74) is 8.90. The average Bonchev–Trinajstić information content (AvgIpc) is 2.02. The fourth-order valence-electron chi connectivity index (χ4n) is 0.897. The Kier molecular flexibility index (Phi) is 2.95. The smallest absolute Gasteiger partial charge is 0.229 e. The maximum atomic E-state index is 10.9. The third kappa shape index (κ3) is 3.34. The van der Waals surface area contributed by atoms with Crippen molar-refractivity contribution in [2.75, 3.05) is 11.0 Å². The van der Waals surface area contributed by atoms with Gasteiger partial charge in [-0.15, -0.1) is 0 Å². The highest BCUT2D eigenvalue weighted by atomic mass is 32.2. The highest BCUT2D eigenvalue weighted by Gasteiger charge is 2.01. The summed E-state index contributed by atoms with van der Waals surface area (Å²) in [6.45, 7) is 0. The molecule has 0 saturated carbocycles. The molecule has 1 rings (SSSR count). The van der Waals surface area contributed by atoms with Gasteiger partial charge in [0.25, 0.3) is 0 Å². The molecule has 0 unspecified atom stereocenters. The van der Waals surface area contributed by atoms with Crippen molar-refractivity contribution >= 4 is 21.4 Å². The average molecular weight is 212 g/mol. The Hall–Kier alpha value is -1.72. The van der Waals surface area contributed by atoms with Gasteiger partial charge < -0.3 is 0 Å². The van der Waals surface area contributed by atoms with Crippen LogP contribution in [0.25, 0.3) is 10.4 Å². The third-order valence-electron chi connectivity index (χ3n) is 1.31. The lowest BCUT2D eigenvalue weighted by atomic mass is 10.3. The fraction of sp³-hybridized carbons (Fsp3) is 0.143. The molecular formula is C7H8N4O2S. The Morgan fingerprint density at radius 1 is 1.50 bits per heavy atom. The third-order valence-corrected chi connectivity index (χ3v) is 1.92. The van der Waals surface area contributed by atoms with Crippen molar-refractivity contribution in [3.8, 4) is 0 Å². The molecule has 0 aliphatic heterocycles. The van der Waals surface area contributed by atoms with Crippen LogP contribution in [-0.4, -0.2) is 14.7 Å². The summed E-state index contributed by atoms with van der Waals surface area (Å²) in [6.07, 6.45) is 1.05. The number of sulfonamides is 1. The number of nitrogens with one attached hydrogen (secondary N) is 1. The second-order valence-electron chi connectivity index (χ2n) is 2.61. The quantitative estimate of drug-likeness (QED) is 0.471. The van der Waals surface area contributed by atoms with Crippen LogP contribution < -0.4 is 4.72 Å². The minimum Gasteiger partial charge on any atom is -0.284 e. The molecule has 0 atom stereocenters. The van der Waals surface area contributed by atoms with Gasteiger partial charge >= 0.3 is 0 Å². The summed E-state index contributed by atoms with van der Waals surface area (Å²) in [7, 11) is -3.29. The molecule has 0 aromatic heterocycles. The second-order valence-corrected chi connectivity index (χ2v) is 4.36. The standard InChI is InChI=1S/C7H8N4O2S/c1-14(12,13)10-7-4-2-3-6(5-7)9-11-8/h2-5,10H,1H3. The molecular weight excluding hydrogens is 204 g/mol. The normalized spacial score (nSPS) is 10.4. The molecule has 0 amide bonds. The van der Waals surface area contributed by atoms with Crippen LogP contribution in [0.2, 0.25) is 0 Å². The van der Waals surface area contributed by atoms with Crippen LogP contribution >= 0.6 is 0 Å². The van der Waals surface area contributed by atoms with Crippen LogP contribution in [0, 0.1) is 0 Å². The van der Waals surface area contributed by atoms with E-state index in [1.807, 2.05) is 0 Å². The van der Waals surface area contributed by atoms with Gasteiger partial charge in [-0.2, -0.15) is 0 Å². The van der Waals surface area contributed by atoms with E-state index in [1.54, 1.807) is 18.2 Å². The van der Waals surface area contributed by atoms with E-state index in [0.717, 1.165) is 6.26 Å². The van der Waals surface area contributed by atoms with E-state index in [9.17, 15) is 8.42 Å². The van der Waals surface area contributed by atoms with Crippen LogP contribution in [0.15, 0.2) is 29.4 Å². The lowest BCUT2D eigenvalue weighted by Gasteiger charge is -2.03. The van der Waals surface area contributed by atoms with Crippen molar-refractivity contribution in [1.82, 2.24) is 0 Å². The largest absolute Gasteiger partial charge is 0.284 e. The van der Waals surface area contributed by atoms with Gasteiger partial charge in [-0.05, 0) is 17.7 Å². The molecule has 0 radical (unpaired) electrons. The SMILES string of the molecule is CS(=O)(=O)Nc1cccc(N=[N+]=[N-])c1. The Morgan fingerprint density at radius 2 is 2.21 bits per heavy atom. The van der Waals surface area contributed by atoms with Crippen molar-refractivity contribution in [1.29, 1.82) is 0 Å². The van der Waals surface area contributed by atoms with Crippen molar-refractivity contribution in [2.45, 2.75) is 0 Å². The Bertz CT molecular complexity index is 476. The molecule has 1 aromatic rings. The molecule has 0 heterocycles. The number of nitrogens with zero attached hydrogens (tertiary/aromatic N) is 3. The molecule has 14 heavy (non-hydrogen) atoms. The molecule has 6 nitrogen and oxygen atoms in total. The first kappa shape index (κ1) is 10.4. The van der Waals surface area contributed by atoms with Gasteiger partial charge in [0.1, 0.15) is 0 Å². The number of benzene rings is 1. The van der Waals surface area contributed by atoms with Crippen molar-refractivity contribution in [3.05, 3.63) is 34.7 Å². The topological polar surface area (TPSA) is 94.9 Å². The molecule has 1 aromatic carbocycles. The van der Waals surface area contributed by atoms with Crippen molar-refractivity contribution in [2.24, 2.45) is 5.11 Å². The molecule has 0 fully saturated rings. The maximum Gasteiger partial charge on any atom is 0.229 e. The van der Waals surface area contributed by atoms with Crippen LogP contribution in [0.3, 0.4) is 0 Å². The molecule has 0 aliphatic carbocycles. The van der Waals surface area contributed by atoms with Gasteiger partial charge in [-0.1, -0.05) is 17.2 Å². The van der Waals surface area contributed by atoms with E-state index < -0.39 is 10.0 Å². The molecule has 7 heteroatoms. The van der Waals surface area contributed by atoms with Crippen LogP contribution in [0.5, 0.6) is 0 Å². The highest BCUT2D eigenvalue weighted by Crippen LogP contribution is 2.18. The van der Waals surface area contributed by atoms with Crippen molar-refractivity contribution < 1.29 is 8.42 Å². The number of rotatable bonds is 3. The molecule has 1 N–H and O–H groups in total. The monoisotopic (exact) mass is 212 g/mol. The molecule has 0 aliphatic rings. The van der Waals surface area contributed by atoms with Crippen molar-refractivity contribution in [3.63, 3.8) is 0 Å². The van der Waals surface area contributed by atoms with E-state index in [1.165, 1.54) is 6.07 Å². The first-order valence-electron chi connectivity index (χ1n) is 3.64. The fourth-order valence-corrected chi connectivity index (χ4v) is 1.45. The number of hydrogen-bond donors (Lipinski definition) is 1. The van der Waals surface area contributed by atoms with Gasteiger partial charge in [-0.3, -0.25) is 4.72 Å². The van der Waals surface area contributed by atoms with Crippen LogP contribution in [-0.2, 0) is 10.0 Å². The number of hydrogen-bond acceptors (Lipinski definition) is 3. The van der Waals surface area contributed by atoms with E-state index in [0.29, 0.717) is 11.4 Å². The lowest BCUT2D eigenvalue weighted by molar-refractivity contribution is 0.607. The first-order chi connectivity index (χ1) is 6.51. The van der Waals surface area contributed by atoms with Crippen LogP contribution in [0.4, 0.5) is 11.4 Å². The van der Waals surface area contributed by atoms with E-state index >= 15 is 0 Å². The number of azide groups is 1. The predicted molar refractivity (Wildman–Crippen MR) is 53.7 cm³/mol. The summed E-state index contributed by atoms with van der Waals surface area (Å²) >= 11 is 0. The summed E-state index contributed by atoms with van der Waals surface area (Å²) in [5.74, 6) is 0. The maximum absolute atomic E-state index is 10.9. The van der Waals surface area contributed by atoms with Gasteiger partial charge in [0.15, 0.2) is 0 Å². The Labute approximate surface area is 81.2 Å². The van der Waals surface area contributed by atoms with E-state index in [2.05, 4.69) is 14.7 Å². The summed E-state index contributed by atoms with van der Waals surface area (Å²) in [6, 6.07) is 6.18. The lowest BCUT2D eigenvalue weighted by Crippen LogP contribution is -2.09. The zero-order valence-electron chi connectivity index (χ0n) is 7.38. The van der Waals surface area contributed by atoms with Gasteiger partial charge in [0.05, 0.1) is 6.26 Å². The second kappa shape index (κ2) is 3.99. The Balaban J connectivity index is 3.00. The predicted octanol–water partition coefficient (Wildman–Crippen LogP) is 2.00. The number of anilines is 1. The highest BCUT2D eigenvalue weighted by molar-refractivity contribution is 7.92. The van der Waals surface area contributed by atoms with Gasteiger partial charge in [0, 0.05) is 16.3 Å². The summed E-state index contributed by atoms with van der Waals surface area (Å²) < 4.78 is 24.0. The zero-order chi connectivity index (χ0) is 10.6. The summed E-state index contributed by atoms with van der Waals surface area (Å²) in [5, 5.41) is 3.34. The molecule has 0 bridgehead atoms. The van der Waals surface area contributed by atoms with Gasteiger partial charge in [-0.25, -0.2) is 8.42 Å². The first-order valence-corrected chi connectivity index (χ1v) is 5.53. The van der Waals surface area contributed by atoms with Gasteiger partial charge in [0.2, 0.25) is 10.0 Å².